The highest BCUT2D eigenvalue weighted by Crippen LogP contribution is 2.29. The number of benzene rings is 1. The second-order valence-electron chi connectivity index (χ2n) is 4.32. The lowest BCUT2D eigenvalue weighted by Crippen LogP contribution is -2.46. The highest BCUT2D eigenvalue weighted by atomic mass is 35.5. The number of halogens is 1. The molecule has 1 atom stereocenters. The molecule has 1 fully saturated rings. The summed E-state index contributed by atoms with van der Waals surface area (Å²) in [6, 6.07) is 6.19. The summed E-state index contributed by atoms with van der Waals surface area (Å²) in [6.45, 7) is 4.47. The number of morpholine rings is 1. The second-order valence-corrected chi connectivity index (χ2v) is 4.73. The van der Waals surface area contributed by atoms with Gasteiger partial charge in [0, 0.05) is 23.9 Å². The SMILES string of the molecule is Cc1c(Cl)cccc1N1CCOCC1CCO. The highest BCUT2D eigenvalue weighted by Gasteiger charge is 2.24. The summed E-state index contributed by atoms with van der Waals surface area (Å²) in [5.41, 5.74) is 2.25. The van der Waals surface area contributed by atoms with E-state index in [1.807, 2.05) is 19.1 Å². The minimum atomic E-state index is 0.185. The van der Waals surface area contributed by atoms with Crippen molar-refractivity contribution < 1.29 is 9.84 Å². The Bertz CT molecular complexity index is 382. The standard InChI is InChI=1S/C13H18ClNO2/c1-10-12(14)3-2-4-13(10)15-6-8-17-9-11(15)5-7-16/h2-4,11,16H,5-9H2,1H3. The molecule has 0 aliphatic carbocycles. The molecule has 0 radical (unpaired) electrons. The Morgan fingerprint density at radius 2 is 2.35 bits per heavy atom. The zero-order chi connectivity index (χ0) is 12.3. The number of rotatable bonds is 3. The molecular formula is C13H18ClNO2. The van der Waals surface area contributed by atoms with E-state index < -0.39 is 0 Å². The lowest BCUT2D eigenvalue weighted by molar-refractivity contribution is 0.0849. The number of aliphatic hydroxyl groups is 1. The molecule has 17 heavy (non-hydrogen) atoms. The smallest absolute Gasteiger partial charge is 0.0671 e. The fourth-order valence-corrected chi connectivity index (χ4v) is 2.44. The predicted octanol–water partition coefficient (Wildman–Crippen LogP) is 2.24. The monoisotopic (exact) mass is 255 g/mol. The molecule has 3 nitrogen and oxygen atoms in total. The first-order chi connectivity index (χ1) is 8.24. The Morgan fingerprint density at radius 3 is 3.12 bits per heavy atom. The van der Waals surface area contributed by atoms with Crippen LogP contribution in [-0.4, -0.2) is 37.5 Å². The van der Waals surface area contributed by atoms with Crippen LogP contribution in [0.3, 0.4) is 0 Å². The molecule has 0 spiro atoms. The Labute approximate surface area is 107 Å². The number of hydrogen-bond acceptors (Lipinski definition) is 3. The van der Waals surface area contributed by atoms with Gasteiger partial charge in [-0.25, -0.2) is 0 Å². The molecule has 1 saturated heterocycles. The quantitative estimate of drug-likeness (QED) is 0.899. The molecule has 2 rings (SSSR count). The van der Waals surface area contributed by atoms with E-state index in [1.54, 1.807) is 0 Å². The maximum absolute atomic E-state index is 9.10. The van der Waals surface area contributed by atoms with Gasteiger partial charge in [-0.2, -0.15) is 0 Å². The van der Waals surface area contributed by atoms with Crippen molar-refractivity contribution in [3.05, 3.63) is 28.8 Å². The van der Waals surface area contributed by atoms with Crippen molar-refractivity contribution in [1.29, 1.82) is 0 Å². The molecular weight excluding hydrogens is 238 g/mol. The highest BCUT2D eigenvalue weighted by molar-refractivity contribution is 6.31. The number of aliphatic hydroxyl groups excluding tert-OH is 1. The molecule has 1 aromatic carbocycles. The average Bonchev–Trinajstić information content (AvgIpc) is 2.34. The second kappa shape index (κ2) is 5.71. The summed E-state index contributed by atoms with van der Waals surface area (Å²) >= 11 is 6.15. The Kier molecular flexibility index (Phi) is 4.26. The molecule has 1 N–H and O–H groups in total. The molecule has 94 valence electrons. The van der Waals surface area contributed by atoms with E-state index in [9.17, 15) is 0 Å². The summed E-state index contributed by atoms with van der Waals surface area (Å²) in [4.78, 5) is 2.29. The maximum Gasteiger partial charge on any atom is 0.0671 e. The van der Waals surface area contributed by atoms with Gasteiger partial charge in [-0.1, -0.05) is 17.7 Å². The molecule has 1 aromatic rings. The molecule has 0 aromatic heterocycles. The number of nitrogens with zero attached hydrogens (tertiary/aromatic N) is 1. The van der Waals surface area contributed by atoms with Crippen molar-refractivity contribution in [2.24, 2.45) is 0 Å². The molecule has 0 bridgehead atoms. The summed E-state index contributed by atoms with van der Waals surface area (Å²) in [6.07, 6.45) is 0.728. The molecule has 1 unspecified atom stereocenters. The van der Waals surface area contributed by atoms with Gasteiger partial charge in [0.25, 0.3) is 0 Å². The number of ether oxygens (including phenoxy) is 1. The Hall–Kier alpha value is -0.770. The fourth-order valence-electron chi connectivity index (χ4n) is 2.27. The predicted molar refractivity (Wildman–Crippen MR) is 69.8 cm³/mol. The largest absolute Gasteiger partial charge is 0.396 e. The van der Waals surface area contributed by atoms with Crippen LogP contribution in [0.25, 0.3) is 0 Å². The van der Waals surface area contributed by atoms with Crippen LogP contribution in [0, 0.1) is 6.92 Å². The van der Waals surface area contributed by atoms with Gasteiger partial charge in [-0.05, 0) is 31.0 Å². The van der Waals surface area contributed by atoms with Crippen LogP contribution in [0.15, 0.2) is 18.2 Å². The average molecular weight is 256 g/mol. The minimum Gasteiger partial charge on any atom is -0.396 e. The van der Waals surface area contributed by atoms with E-state index in [1.165, 1.54) is 0 Å². The molecule has 1 aliphatic heterocycles. The van der Waals surface area contributed by atoms with Gasteiger partial charge in [0.05, 0.1) is 19.3 Å². The van der Waals surface area contributed by atoms with Crippen LogP contribution in [0.4, 0.5) is 5.69 Å². The zero-order valence-corrected chi connectivity index (χ0v) is 10.8. The maximum atomic E-state index is 9.10. The molecule has 4 heteroatoms. The summed E-state index contributed by atoms with van der Waals surface area (Å²) in [5.74, 6) is 0. The number of hydrogen-bond donors (Lipinski definition) is 1. The lowest BCUT2D eigenvalue weighted by Gasteiger charge is -2.38. The first-order valence-electron chi connectivity index (χ1n) is 5.94. The normalized spacial score (nSPS) is 20.6. The van der Waals surface area contributed by atoms with Crippen molar-refractivity contribution in [3.8, 4) is 0 Å². The summed E-state index contributed by atoms with van der Waals surface area (Å²) in [7, 11) is 0. The van der Waals surface area contributed by atoms with Crippen LogP contribution in [-0.2, 0) is 4.74 Å². The fraction of sp³-hybridized carbons (Fsp3) is 0.538. The minimum absolute atomic E-state index is 0.185. The van der Waals surface area contributed by atoms with E-state index >= 15 is 0 Å². The van der Waals surface area contributed by atoms with E-state index in [0.29, 0.717) is 6.61 Å². The first kappa shape index (κ1) is 12.7. The molecule has 0 saturated carbocycles. The third-order valence-electron chi connectivity index (χ3n) is 3.24. The molecule has 1 aliphatic rings. The summed E-state index contributed by atoms with van der Waals surface area (Å²) in [5, 5.41) is 9.89. The van der Waals surface area contributed by atoms with Crippen LogP contribution in [0.2, 0.25) is 5.02 Å². The van der Waals surface area contributed by atoms with Gasteiger partial charge in [0.15, 0.2) is 0 Å². The first-order valence-corrected chi connectivity index (χ1v) is 6.32. The Morgan fingerprint density at radius 1 is 1.53 bits per heavy atom. The van der Waals surface area contributed by atoms with Gasteiger partial charge in [0.1, 0.15) is 0 Å². The van der Waals surface area contributed by atoms with Crippen LogP contribution >= 0.6 is 11.6 Å². The van der Waals surface area contributed by atoms with E-state index in [0.717, 1.165) is 35.8 Å². The van der Waals surface area contributed by atoms with Gasteiger partial charge < -0.3 is 14.7 Å². The van der Waals surface area contributed by atoms with Crippen molar-refractivity contribution in [1.82, 2.24) is 0 Å². The van der Waals surface area contributed by atoms with Crippen LogP contribution in [0.5, 0.6) is 0 Å². The van der Waals surface area contributed by atoms with Crippen molar-refractivity contribution in [3.63, 3.8) is 0 Å². The third kappa shape index (κ3) is 2.73. The van der Waals surface area contributed by atoms with Crippen LogP contribution in [0.1, 0.15) is 12.0 Å². The van der Waals surface area contributed by atoms with Gasteiger partial charge >= 0.3 is 0 Å². The topological polar surface area (TPSA) is 32.7 Å². The molecule has 1 heterocycles. The van der Waals surface area contributed by atoms with Crippen molar-refractivity contribution in [2.75, 3.05) is 31.3 Å². The lowest BCUT2D eigenvalue weighted by atomic mass is 10.1. The van der Waals surface area contributed by atoms with E-state index in [4.69, 9.17) is 21.4 Å². The van der Waals surface area contributed by atoms with Gasteiger partial charge in [-0.3, -0.25) is 0 Å². The third-order valence-corrected chi connectivity index (χ3v) is 3.65. The van der Waals surface area contributed by atoms with Crippen molar-refractivity contribution in [2.45, 2.75) is 19.4 Å². The van der Waals surface area contributed by atoms with Gasteiger partial charge in [0.2, 0.25) is 0 Å². The van der Waals surface area contributed by atoms with Crippen LogP contribution < -0.4 is 4.90 Å². The van der Waals surface area contributed by atoms with E-state index in [-0.39, 0.29) is 12.6 Å². The zero-order valence-electron chi connectivity index (χ0n) is 10.0. The van der Waals surface area contributed by atoms with E-state index in [2.05, 4.69) is 11.0 Å². The van der Waals surface area contributed by atoms with Crippen molar-refractivity contribution >= 4 is 17.3 Å². The number of anilines is 1. The Balaban J connectivity index is 2.26. The summed E-state index contributed by atoms with van der Waals surface area (Å²) < 4.78 is 5.47. The van der Waals surface area contributed by atoms with Gasteiger partial charge in [-0.15, -0.1) is 0 Å². The molecule has 0 amide bonds.